The lowest BCUT2D eigenvalue weighted by molar-refractivity contribution is 0.0926. The smallest absolute Gasteiger partial charge is 0.256 e. The quantitative estimate of drug-likeness (QED) is 0.473. The highest BCUT2D eigenvalue weighted by molar-refractivity contribution is 9.10. The van der Waals surface area contributed by atoms with Crippen LogP contribution in [0.3, 0.4) is 0 Å². The molecule has 0 aliphatic rings. The van der Waals surface area contributed by atoms with Crippen LogP contribution in [0.4, 0.5) is 4.39 Å². The number of halogens is 3. The summed E-state index contributed by atoms with van der Waals surface area (Å²) in [6, 6.07) is 13.6. The van der Waals surface area contributed by atoms with Crippen LogP contribution < -0.4 is 15.4 Å². The third-order valence-electron chi connectivity index (χ3n) is 3.92. The van der Waals surface area contributed by atoms with E-state index in [-0.39, 0.29) is 30.4 Å². The molecule has 2 aromatic carbocycles. The minimum atomic E-state index is -0.422. The van der Waals surface area contributed by atoms with Gasteiger partial charge in [-0.1, -0.05) is 11.6 Å². The van der Waals surface area contributed by atoms with Gasteiger partial charge in [-0.2, -0.15) is 0 Å². The first-order valence-electron chi connectivity index (χ1n) is 8.84. The summed E-state index contributed by atoms with van der Waals surface area (Å²) in [5, 5.41) is 5.95. The highest BCUT2D eigenvalue weighted by Crippen LogP contribution is 2.30. The van der Waals surface area contributed by atoms with Crippen LogP contribution in [0.1, 0.15) is 20.7 Å². The molecule has 2 N–H and O–H groups in total. The molecule has 6 nitrogen and oxygen atoms in total. The Morgan fingerprint density at radius 3 is 2.43 bits per heavy atom. The van der Waals surface area contributed by atoms with E-state index in [1.807, 2.05) is 0 Å². The van der Waals surface area contributed by atoms with Gasteiger partial charge in [0, 0.05) is 29.9 Å². The van der Waals surface area contributed by atoms with Crippen molar-refractivity contribution in [3.63, 3.8) is 0 Å². The highest BCUT2D eigenvalue weighted by Gasteiger charge is 2.15. The third kappa shape index (κ3) is 5.77. The van der Waals surface area contributed by atoms with E-state index < -0.39 is 11.7 Å². The maximum atomic E-state index is 13.2. The maximum absolute atomic E-state index is 13.2. The number of hydrogen-bond acceptors (Lipinski definition) is 4. The number of ether oxygens (including phenoxy) is 1. The Labute approximate surface area is 185 Å². The standard InChI is InChI=1S/C21H16BrClFN3O3/c22-17-12-15(24)7-8-18(17)30-21-16(2-1-9-27-21)20(29)26-11-10-25-19(28)13-3-5-14(23)6-4-13/h1-9,12H,10-11H2,(H,25,28)(H,26,29). The van der Waals surface area contributed by atoms with Crippen molar-refractivity contribution in [2.45, 2.75) is 0 Å². The molecular formula is C21H16BrClFN3O3. The molecule has 0 aliphatic carbocycles. The zero-order valence-corrected chi connectivity index (χ0v) is 17.8. The van der Waals surface area contributed by atoms with Crippen LogP contribution in [0.5, 0.6) is 11.6 Å². The molecule has 0 fully saturated rings. The number of carbonyl (C=O) groups excluding carboxylic acids is 2. The topological polar surface area (TPSA) is 80.3 Å². The van der Waals surface area contributed by atoms with Gasteiger partial charge in [0.1, 0.15) is 17.1 Å². The molecule has 0 atom stereocenters. The van der Waals surface area contributed by atoms with E-state index in [0.717, 1.165) is 0 Å². The summed E-state index contributed by atoms with van der Waals surface area (Å²) in [5.74, 6) is -0.717. The van der Waals surface area contributed by atoms with Crippen molar-refractivity contribution in [2.75, 3.05) is 13.1 Å². The van der Waals surface area contributed by atoms with Gasteiger partial charge in [-0.3, -0.25) is 9.59 Å². The average molecular weight is 493 g/mol. The Hall–Kier alpha value is -2.97. The van der Waals surface area contributed by atoms with Crippen molar-refractivity contribution in [3.8, 4) is 11.6 Å². The van der Waals surface area contributed by atoms with Crippen molar-refractivity contribution >= 4 is 39.3 Å². The number of nitrogens with zero attached hydrogens (tertiary/aromatic N) is 1. The number of carbonyl (C=O) groups is 2. The van der Waals surface area contributed by atoms with Gasteiger partial charge in [-0.15, -0.1) is 0 Å². The first-order valence-corrected chi connectivity index (χ1v) is 10.0. The van der Waals surface area contributed by atoms with Gasteiger partial charge >= 0.3 is 0 Å². The highest BCUT2D eigenvalue weighted by atomic mass is 79.9. The lowest BCUT2D eigenvalue weighted by Crippen LogP contribution is -2.34. The Morgan fingerprint density at radius 1 is 1.03 bits per heavy atom. The maximum Gasteiger partial charge on any atom is 0.256 e. The molecule has 0 saturated carbocycles. The third-order valence-corrected chi connectivity index (χ3v) is 4.79. The van der Waals surface area contributed by atoms with Gasteiger partial charge in [0.05, 0.1) is 4.47 Å². The van der Waals surface area contributed by atoms with Crippen LogP contribution in [-0.4, -0.2) is 29.9 Å². The summed E-state index contributed by atoms with van der Waals surface area (Å²) in [7, 11) is 0. The predicted molar refractivity (Wildman–Crippen MR) is 115 cm³/mol. The number of rotatable bonds is 7. The average Bonchev–Trinajstić information content (AvgIpc) is 2.74. The van der Waals surface area contributed by atoms with Gasteiger partial charge in [0.2, 0.25) is 5.88 Å². The molecule has 1 aromatic heterocycles. The van der Waals surface area contributed by atoms with Gasteiger partial charge in [-0.25, -0.2) is 9.37 Å². The molecule has 0 radical (unpaired) electrons. The van der Waals surface area contributed by atoms with Crippen molar-refractivity contribution in [2.24, 2.45) is 0 Å². The molecule has 9 heteroatoms. The molecule has 30 heavy (non-hydrogen) atoms. The van der Waals surface area contributed by atoms with Crippen LogP contribution in [0, 0.1) is 5.82 Å². The van der Waals surface area contributed by atoms with Crippen molar-refractivity contribution in [3.05, 3.63) is 87.2 Å². The number of hydrogen-bond donors (Lipinski definition) is 2. The summed E-state index contributed by atoms with van der Waals surface area (Å²) < 4.78 is 19.3. The molecule has 0 saturated heterocycles. The summed E-state index contributed by atoms with van der Waals surface area (Å²) in [4.78, 5) is 28.7. The van der Waals surface area contributed by atoms with E-state index in [0.29, 0.717) is 20.8 Å². The minimum Gasteiger partial charge on any atom is -0.437 e. The number of amides is 2. The first kappa shape index (κ1) is 21.7. The Morgan fingerprint density at radius 2 is 1.73 bits per heavy atom. The lowest BCUT2D eigenvalue weighted by atomic mass is 10.2. The molecular weight excluding hydrogens is 477 g/mol. The van der Waals surface area contributed by atoms with Gasteiger partial charge in [0.15, 0.2) is 0 Å². The summed E-state index contributed by atoms with van der Waals surface area (Å²) in [5.41, 5.74) is 0.677. The van der Waals surface area contributed by atoms with Crippen LogP contribution in [0.2, 0.25) is 5.02 Å². The molecule has 0 unspecified atom stereocenters. The second kappa shape index (κ2) is 10.2. The second-order valence-electron chi connectivity index (χ2n) is 6.05. The van der Waals surface area contributed by atoms with E-state index in [2.05, 4.69) is 31.5 Å². The fourth-order valence-corrected chi connectivity index (χ4v) is 3.02. The van der Waals surface area contributed by atoms with E-state index in [1.54, 1.807) is 36.4 Å². The predicted octanol–water partition coefficient (Wildman–Crippen LogP) is 4.59. The largest absolute Gasteiger partial charge is 0.437 e. The summed E-state index contributed by atoms with van der Waals surface area (Å²) >= 11 is 9.02. The van der Waals surface area contributed by atoms with Gasteiger partial charge < -0.3 is 15.4 Å². The van der Waals surface area contributed by atoms with Crippen LogP contribution in [-0.2, 0) is 0 Å². The van der Waals surface area contributed by atoms with E-state index in [9.17, 15) is 14.0 Å². The van der Waals surface area contributed by atoms with Crippen molar-refractivity contribution < 1.29 is 18.7 Å². The molecule has 3 rings (SSSR count). The lowest BCUT2D eigenvalue weighted by Gasteiger charge is -2.12. The zero-order chi connectivity index (χ0) is 21.5. The molecule has 0 bridgehead atoms. The van der Waals surface area contributed by atoms with Crippen LogP contribution in [0.25, 0.3) is 0 Å². The molecule has 0 spiro atoms. The molecule has 3 aromatic rings. The van der Waals surface area contributed by atoms with Crippen molar-refractivity contribution in [1.29, 1.82) is 0 Å². The molecule has 154 valence electrons. The van der Waals surface area contributed by atoms with E-state index in [4.69, 9.17) is 16.3 Å². The Bertz CT molecular complexity index is 1060. The van der Waals surface area contributed by atoms with Crippen molar-refractivity contribution in [1.82, 2.24) is 15.6 Å². The number of benzene rings is 2. The summed E-state index contributed by atoms with van der Waals surface area (Å²) in [6.45, 7) is 0.430. The minimum absolute atomic E-state index is 0.0764. The SMILES string of the molecule is O=C(NCCNC(=O)c1cccnc1Oc1ccc(F)cc1Br)c1ccc(Cl)cc1. The fraction of sp³-hybridized carbons (Fsp3) is 0.0952. The molecule has 0 aliphatic heterocycles. The first-order chi connectivity index (χ1) is 14.4. The normalized spacial score (nSPS) is 10.4. The number of pyridine rings is 1. The summed E-state index contributed by atoms with van der Waals surface area (Å²) in [6.07, 6.45) is 1.48. The number of nitrogens with one attached hydrogen (secondary N) is 2. The van der Waals surface area contributed by atoms with Gasteiger partial charge in [-0.05, 0) is 70.5 Å². The van der Waals surface area contributed by atoms with Gasteiger partial charge in [0.25, 0.3) is 11.8 Å². The van der Waals surface area contributed by atoms with Crippen LogP contribution in [0.15, 0.2) is 65.3 Å². The monoisotopic (exact) mass is 491 g/mol. The zero-order valence-electron chi connectivity index (χ0n) is 15.5. The Kier molecular flexibility index (Phi) is 7.37. The molecule has 1 heterocycles. The second-order valence-corrected chi connectivity index (χ2v) is 7.34. The van der Waals surface area contributed by atoms with E-state index >= 15 is 0 Å². The van der Waals surface area contributed by atoms with Crippen LogP contribution >= 0.6 is 27.5 Å². The fourth-order valence-electron chi connectivity index (χ4n) is 2.46. The Balaban J connectivity index is 1.56. The molecule has 2 amide bonds. The van der Waals surface area contributed by atoms with E-state index in [1.165, 1.54) is 24.4 Å². The number of aromatic nitrogens is 1.